The molecule has 1 rings (SSSR count). The Balaban J connectivity index is 2.36. The number of hydrogen-bond acceptors (Lipinski definition) is 4. The van der Waals surface area contributed by atoms with E-state index < -0.39 is 0 Å². The largest absolute Gasteiger partial charge is 0.383 e. The van der Waals surface area contributed by atoms with Gasteiger partial charge in [-0.25, -0.2) is 9.98 Å². The van der Waals surface area contributed by atoms with Crippen LogP contribution in [0.5, 0.6) is 0 Å². The van der Waals surface area contributed by atoms with Crippen molar-refractivity contribution in [2.24, 2.45) is 4.99 Å². The van der Waals surface area contributed by atoms with Crippen molar-refractivity contribution in [1.29, 1.82) is 0 Å². The number of hydrogen-bond donors (Lipinski definition) is 3. The zero-order valence-electron chi connectivity index (χ0n) is 13.6. The Kier molecular flexibility index (Phi) is 9.74. The first-order valence-electron chi connectivity index (χ1n) is 7.54. The second kappa shape index (κ2) is 11.7. The van der Waals surface area contributed by atoms with Gasteiger partial charge in [0.15, 0.2) is 5.96 Å². The van der Waals surface area contributed by atoms with E-state index in [-0.39, 0.29) is 12.5 Å². The standard InChI is InChI=1S/C15H24ClN5O2/c1-3-17-15(21-11-14(22)18-8-9-23-2)19-7-6-12-4-5-13(16)20-10-12/h4-5,10H,3,6-9,11H2,1-2H3,(H,18,22)(H2,17,19,21). The number of carbonyl (C=O) groups is 1. The van der Waals surface area contributed by atoms with Crippen molar-refractivity contribution in [1.82, 2.24) is 20.9 Å². The fraction of sp³-hybridized carbons (Fsp3) is 0.533. The lowest BCUT2D eigenvalue weighted by Crippen LogP contribution is -2.39. The molecule has 0 saturated heterocycles. The number of aromatic nitrogens is 1. The van der Waals surface area contributed by atoms with Crippen LogP contribution in [0.25, 0.3) is 0 Å². The summed E-state index contributed by atoms with van der Waals surface area (Å²) >= 11 is 5.75. The van der Waals surface area contributed by atoms with Crippen LogP contribution in [0.2, 0.25) is 5.15 Å². The van der Waals surface area contributed by atoms with Crippen molar-refractivity contribution in [3.63, 3.8) is 0 Å². The summed E-state index contributed by atoms with van der Waals surface area (Å²) in [6, 6.07) is 3.70. The van der Waals surface area contributed by atoms with Gasteiger partial charge in [-0.1, -0.05) is 17.7 Å². The number of halogens is 1. The van der Waals surface area contributed by atoms with Gasteiger partial charge < -0.3 is 20.7 Å². The summed E-state index contributed by atoms with van der Waals surface area (Å²) in [7, 11) is 1.59. The van der Waals surface area contributed by atoms with Gasteiger partial charge in [0.2, 0.25) is 5.91 Å². The van der Waals surface area contributed by atoms with Crippen molar-refractivity contribution >= 4 is 23.5 Å². The Bertz CT molecular complexity index is 493. The van der Waals surface area contributed by atoms with Gasteiger partial charge in [0.05, 0.1) is 6.61 Å². The van der Waals surface area contributed by atoms with E-state index >= 15 is 0 Å². The Labute approximate surface area is 141 Å². The summed E-state index contributed by atoms with van der Waals surface area (Å²) in [5, 5.41) is 9.48. The molecule has 0 radical (unpaired) electrons. The van der Waals surface area contributed by atoms with Crippen LogP contribution < -0.4 is 16.0 Å². The molecule has 0 aliphatic carbocycles. The molecule has 0 saturated carbocycles. The van der Waals surface area contributed by atoms with Gasteiger partial charge in [-0.05, 0) is 25.0 Å². The van der Waals surface area contributed by atoms with E-state index in [1.54, 1.807) is 19.4 Å². The van der Waals surface area contributed by atoms with Crippen LogP contribution in [0.15, 0.2) is 23.3 Å². The third kappa shape index (κ3) is 9.00. The molecule has 0 aliphatic heterocycles. The molecule has 0 atom stereocenters. The molecule has 8 heteroatoms. The fourth-order valence-electron chi connectivity index (χ4n) is 1.72. The number of nitrogens with zero attached hydrogens (tertiary/aromatic N) is 2. The fourth-order valence-corrected chi connectivity index (χ4v) is 1.83. The molecule has 1 aromatic heterocycles. The first-order valence-corrected chi connectivity index (χ1v) is 7.91. The Hall–Kier alpha value is -1.86. The molecule has 3 N–H and O–H groups in total. The maximum atomic E-state index is 11.6. The molecule has 0 fully saturated rings. The van der Waals surface area contributed by atoms with Gasteiger partial charge in [-0.3, -0.25) is 4.79 Å². The maximum Gasteiger partial charge on any atom is 0.241 e. The summed E-state index contributed by atoms with van der Waals surface area (Å²) < 4.78 is 4.87. The molecule has 0 unspecified atom stereocenters. The van der Waals surface area contributed by atoms with Crippen molar-refractivity contribution < 1.29 is 9.53 Å². The summed E-state index contributed by atoms with van der Waals surface area (Å²) in [6.45, 7) is 4.42. The van der Waals surface area contributed by atoms with Crippen LogP contribution in [-0.4, -0.2) is 56.7 Å². The molecule has 7 nitrogen and oxygen atoms in total. The molecule has 0 aliphatic rings. The van der Waals surface area contributed by atoms with Gasteiger partial charge in [0.25, 0.3) is 0 Å². The summed E-state index contributed by atoms with van der Waals surface area (Å²) in [5.74, 6) is 0.470. The summed E-state index contributed by atoms with van der Waals surface area (Å²) in [4.78, 5) is 19.9. The third-order valence-corrected chi connectivity index (χ3v) is 3.07. The van der Waals surface area contributed by atoms with Crippen molar-refractivity contribution in [2.75, 3.05) is 39.9 Å². The van der Waals surface area contributed by atoms with Crippen LogP contribution in [0.3, 0.4) is 0 Å². The average Bonchev–Trinajstić information content (AvgIpc) is 2.54. The molecule has 1 aromatic rings. The number of ether oxygens (including phenoxy) is 1. The normalized spacial score (nSPS) is 11.2. The average molecular weight is 342 g/mol. The van der Waals surface area contributed by atoms with E-state index in [0.717, 1.165) is 18.5 Å². The molecule has 128 valence electrons. The Morgan fingerprint density at radius 3 is 2.78 bits per heavy atom. The molecular weight excluding hydrogens is 318 g/mol. The minimum absolute atomic E-state index is 0.0710. The Morgan fingerprint density at radius 2 is 2.13 bits per heavy atom. The molecule has 1 heterocycles. The zero-order chi connectivity index (χ0) is 16.9. The van der Waals surface area contributed by atoms with Crippen LogP contribution >= 0.6 is 11.6 Å². The predicted molar refractivity (Wildman–Crippen MR) is 91.8 cm³/mol. The molecule has 0 spiro atoms. The van der Waals surface area contributed by atoms with Crippen LogP contribution in [-0.2, 0) is 16.0 Å². The minimum Gasteiger partial charge on any atom is -0.383 e. The van der Waals surface area contributed by atoms with Crippen molar-refractivity contribution in [3.8, 4) is 0 Å². The highest BCUT2D eigenvalue weighted by molar-refractivity contribution is 6.29. The summed E-state index contributed by atoms with van der Waals surface area (Å²) in [5.41, 5.74) is 1.08. The number of pyridine rings is 1. The van der Waals surface area contributed by atoms with Crippen LogP contribution in [0, 0.1) is 0 Å². The zero-order valence-corrected chi connectivity index (χ0v) is 14.3. The second-order valence-electron chi connectivity index (χ2n) is 4.70. The smallest absolute Gasteiger partial charge is 0.241 e. The number of amides is 1. The lowest BCUT2D eigenvalue weighted by atomic mass is 10.2. The van der Waals surface area contributed by atoms with Gasteiger partial charge in [0.1, 0.15) is 11.7 Å². The molecular formula is C15H24ClN5O2. The van der Waals surface area contributed by atoms with E-state index in [1.807, 2.05) is 13.0 Å². The first kappa shape index (κ1) is 19.2. The van der Waals surface area contributed by atoms with Gasteiger partial charge >= 0.3 is 0 Å². The number of carbonyl (C=O) groups excluding carboxylic acids is 1. The summed E-state index contributed by atoms with van der Waals surface area (Å²) in [6.07, 6.45) is 2.53. The second-order valence-corrected chi connectivity index (χ2v) is 5.09. The van der Waals surface area contributed by atoms with Crippen LogP contribution in [0.4, 0.5) is 0 Å². The maximum absolute atomic E-state index is 11.6. The highest BCUT2D eigenvalue weighted by Gasteiger charge is 2.02. The third-order valence-electron chi connectivity index (χ3n) is 2.85. The quantitative estimate of drug-likeness (QED) is 0.265. The van der Waals surface area contributed by atoms with E-state index in [1.165, 1.54) is 0 Å². The van der Waals surface area contributed by atoms with E-state index in [0.29, 0.717) is 30.8 Å². The minimum atomic E-state index is -0.138. The molecule has 0 aromatic carbocycles. The lowest BCUT2D eigenvalue weighted by molar-refractivity contribution is -0.119. The first-order chi connectivity index (χ1) is 11.2. The Morgan fingerprint density at radius 1 is 1.30 bits per heavy atom. The lowest BCUT2D eigenvalue weighted by Gasteiger charge is -2.11. The van der Waals surface area contributed by atoms with Crippen molar-refractivity contribution in [2.45, 2.75) is 13.3 Å². The monoisotopic (exact) mass is 341 g/mol. The predicted octanol–water partition coefficient (Wildman–Crippen LogP) is 0.595. The molecule has 1 amide bonds. The number of nitrogens with one attached hydrogen (secondary N) is 3. The van der Waals surface area contributed by atoms with E-state index in [9.17, 15) is 4.79 Å². The number of aliphatic imine (C=N–C) groups is 1. The van der Waals surface area contributed by atoms with Crippen molar-refractivity contribution in [3.05, 3.63) is 29.0 Å². The number of rotatable bonds is 9. The van der Waals surface area contributed by atoms with Crippen LogP contribution in [0.1, 0.15) is 12.5 Å². The topological polar surface area (TPSA) is 87.6 Å². The SMILES string of the molecule is CCNC(=NCC(=O)NCCOC)NCCc1ccc(Cl)nc1. The molecule has 23 heavy (non-hydrogen) atoms. The highest BCUT2D eigenvalue weighted by Crippen LogP contribution is 2.05. The highest BCUT2D eigenvalue weighted by atomic mass is 35.5. The van der Waals surface area contributed by atoms with E-state index in [2.05, 4.69) is 25.9 Å². The number of guanidine groups is 1. The van der Waals surface area contributed by atoms with Gasteiger partial charge in [-0.15, -0.1) is 0 Å². The van der Waals surface area contributed by atoms with E-state index in [4.69, 9.17) is 16.3 Å². The van der Waals surface area contributed by atoms with Gasteiger partial charge in [-0.2, -0.15) is 0 Å². The van der Waals surface area contributed by atoms with Gasteiger partial charge in [0, 0.05) is 32.9 Å². The number of methoxy groups -OCH3 is 1. The molecule has 0 bridgehead atoms.